The molecule has 3 aliphatic heterocycles. The van der Waals surface area contributed by atoms with Crippen LogP contribution in [-0.4, -0.2) is 79.1 Å². The summed E-state index contributed by atoms with van der Waals surface area (Å²) in [6.45, 7) is 7.38. The molecular formula is C30H38Cl3N3O2. The molecule has 0 bridgehead atoms. The maximum Gasteiger partial charge on any atom is 0.240 e. The zero-order chi connectivity index (χ0) is 26.5. The number of rotatable bonds is 9. The molecule has 2 aromatic rings. The van der Waals surface area contributed by atoms with Gasteiger partial charge in [0.1, 0.15) is 12.4 Å². The molecule has 5 rings (SSSR count). The van der Waals surface area contributed by atoms with Crippen LogP contribution in [0, 0.1) is 0 Å². The van der Waals surface area contributed by atoms with E-state index in [-0.39, 0.29) is 11.9 Å². The number of nitrogens with zero attached hydrogens (tertiary/aromatic N) is 3. The predicted molar refractivity (Wildman–Crippen MR) is 156 cm³/mol. The minimum atomic E-state index is -0.187. The Balaban J connectivity index is 1.22. The van der Waals surface area contributed by atoms with E-state index in [4.69, 9.17) is 39.5 Å². The Labute approximate surface area is 242 Å². The molecule has 0 saturated carbocycles. The van der Waals surface area contributed by atoms with Crippen LogP contribution < -0.4 is 4.74 Å². The Morgan fingerprint density at radius 1 is 0.868 bits per heavy atom. The third-order valence-corrected chi connectivity index (χ3v) is 9.20. The number of halogens is 3. The molecule has 0 N–H and O–H groups in total. The Hall–Kier alpha value is -1.50. The molecule has 0 unspecified atom stereocenters. The SMILES string of the molecule is O=C([C@@H](Cc1ccc(Cl)cc1Cl)N1CCCC1)N1CCC(c2ccc(Cl)cc2OCCN2CCCC2)CC1. The smallest absolute Gasteiger partial charge is 0.240 e. The van der Waals surface area contributed by atoms with Crippen LogP contribution in [0.3, 0.4) is 0 Å². The number of ether oxygens (including phenoxy) is 1. The normalized spacial score (nSPS) is 20.2. The van der Waals surface area contributed by atoms with Crippen LogP contribution in [0.4, 0.5) is 0 Å². The van der Waals surface area contributed by atoms with Crippen LogP contribution in [-0.2, 0) is 11.2 Å². The average Bonchev–Trinajstić information content (AvgIpc) is 3.63. The van der Waals surface area contributed by atoms with Gasteiger partial charge in [-0.1, -0.05) is 46.9 Å². The van der Waals surface area contributed by atoms with Gasteiger partial charge in [-0.2, -0.15) is 0 Å². The number of benzene rings is 2. The maximum absolute atomic E-state index is 13.9. The van der Waals surface area contributed by atoms with Crippen molar-refractivity contribution in [2.24, 2.45) is 0 Å². The zero-order valence-corrected chi connectivity index (χ0v) is 24.3. The largest absolute Gasteiger partial charge is 0.492 e. The fourth-order valence-electron chi connectivity index (χ4n) is 6.20. The molecule has 38 heavy (non-hydrogen) atoms. The Kier molecular flexibility index (Phi) is 9.77. The van der Waals surface area contributed by atoms with Crippen molar-refractivity contribution in [2.45, 2.75) is 56.9 Å². The van der Waals surface area contributed by atoms with Gasteiger partial charge in [0.15, 0.2) is 0 Å². The molecule has 0 spiro atoms. The van der Waals surface area contributed by atoms with Crippen molar-refractivity contribution in [1.29, 1.82) is 0 Å². The van der Waals surface area contributed by atoms with Crippen LogP contribution in [0.25, 0.3) is 0 Å². The molecule has 1 amide bonds. The topological polar surface area (TPSA) is 36.0 Å². The first kappa shape index (κ1) is 28.0. The van der Waals surface area contributed by atoms with Gasteiger partial charge >= 0.3 is 0 Å². The zero-order valence-electron chi connectivity index (χ0n) is 22.0. The fourth-order valence-corrected chi connectivity index (χ4v) is 6.85. The number of hydrogen-bond acceptors (Lipinski definition) is 4. The quantitative estimate of drug-likeness (QED) is 0.339. The lowest BCUT2D eigenvalue weighted by molar-refractivity contribution is -0.137. The summed E-state index contributed by atoms with van der Waals surface area (Å²) in [5.74, 6) is 1.47. The van der Waals surface area contributed by atoms with Gasteiger partial charge in [0.2, 0.25) is 5.91 Å². The summed E-state index contributed by atoms with van der Waals surface area (Å²) in [6, 6.07) is 11.4. The summed E-state index contributed by atoms with van der Waals surface area (Å²) in [6.07, 6.45) is 7.29. The summed E-state index contributed by atoms with van der Waals surface area (Å²) in [5, 5.41) is 1.95. The first-order valence-corrected chi connectivity index (χ1v) is 15.2. The van der Waals surface area contributed by atoms with Gasteiger partial charge < -0.3 is 9.64 Å². The highest BCUT2D eigenvalue weighted by Crippen LogP contribution is 2.36. The van der Waals surface area contributed by atoms with Crippen molar-refractivity contribution in [3.63, 3.8) is 0 Å². The van der Waals surface area contributed by atoms with Crippen molar-refractivity contribution in [3.8, 4) is 5.75 Å². The van der Waals surface area contributed by atoms with Gasteiger partial charge in [-0.05, 0) is 112 Å². The summed E-state index contributed by atoms with van der Waals surface area (Å²) < 4.78 is 6.26. The second kappa shape index (κ2) is 13.2. The van der Waals surface area contributed by atoms with Crippen molar-refractivity contribution in [3.05, 3.63) is 62.6 Å². The van der Waals surface area contributed by atoms with E-state index in [9.17, 15) is 4.79 Å². The molecule has 1 atom stereocenters. The summed E-state index contributed by atoms with van der Waals surface area (Å²) >= 11 is 19.0. The van der Waals surface area contributed by atoms with Gasteiger partial charge in [-0.15, -0.1) is 0 Å². The molecule has 0 aliphatic carbocycles. The first-order valence-electron chi connectivity index (χ1n) is 14.1. The van der Waals surface area contributed by atoms with E-state index in [1.54, 1.807) is 6.07 Å². The number of carbonyl (C=O) groups excluding carboxylic acids is 1. The lowest BCUT2D eigenvalue weighted by Crippen LogP contribution is -2.51. The summed E-state index contributed by atoms with van der Waals surface area (Å²) in [4.78, 5) is 20.7. The molecule has 0 aromatic heterocycles. The molecule has 3 heterocycles. The van der Waals surface area contributed by atoms with Crippen LogP contribution in [0.2, 0.25) is 15.1 Å². The molecule has 3 aliphatic rings. The summed E-state index contributed by atoms with van der Waals surface area (Å²) in [5.41, 5.74) is 2.19. The molecule has 0 radical (unpaired) electrons. The van der Waals surface area contributed by atoms with E-state index in [2.05, 4.69) is 20.8 Å². The highest BCUT2D eigenvalue weighted by Gasteiger charge is 2.34. The van der Waals surface area contributed by atoms with Crippen molar-refractivity contribution in [2.75, 3.05) is 52.4 Å². The summed E-state index contributed by atoms with van der Waals surface area (Å²) in [7, 11) is 0. The van der Waals surface area contributed by atoms with Gasteiger partial charge in [0, 0.05) is 34.7 Å². The Morgan fingerprint density at radius 3 is 2.24 bits per heavy atom. The van der Waals surface area contributed by atoms with Gasteiger partial charge in [0.05, 0.1) is 6.04 Å². The van der Waals surface area contributed by atoms with E-state index in [1.807, 2.05) is 24.3 Å². The Morgan fingerprint density at radius 2 is 1.53 bits per heavy atom. The van der Waals surface area contributed by atoms with Gasteiger partial charge in [-0.3, -0.25) is 14.6 Å². The van der Waals surface area contributed by atoms with Crippen molar-refractivity contribution in [1.82, 2.24) is 14.7 Å². The van der Waals surface area contributed by atoms with E-state index < -0.39 is 0 Å². The van der Waals surface area contributed by atoms with Crippen LogP contribution in [0.15, 0.2) is 36.4 Å². The fraction of sp³-hybridized carbons (Fsp3) is 0.567. The molecular weight excluding hydrogens is 541 g/mol. The monoisotopic (exact) mass is 577 g/mol. The number of hydrogen-bond donors (Lipinski definition) is 0. The third kappa shape index (κ3) is 6.98. The highest BCUT2D eigenvalue weighted by atomic mass is 35.5. The van der Waals surface area contributed by atoms with Crippen LogP contribution in [0.1, 0.15) is 55.6 Å². The van der Waals surface area contributed by atoms with Crippen molar-refractivity contribution < 1.29 is 9.53 Å². The minimum Gasteiger partial charge on any atom is -0.492 e. The average molecular weight is 579 g/mol. The van der Waals surface area contributed by atoms with Crippen molar-refractivity contribution >= 4 is 40.7 Å². The lowest BCUT2D eigenvalue weighted by Gasteiger charge is -2.37. The van der Waals surface area contributed by atoms with Gasteiger partial charge in [-0.25, -0.2) is 0 Å². The molecule has 5 nitrogen and oxygen atoms in total. The van der Waals surface area contributed by atoms with Crippen LogP contribution >= 0.6 is 34.8 Å². The first-order chi connectivity index (χ1) is 18.5. The van der Waals surface area contributed by atoms with E-state index in [0.29, 0.717) is 34.0 Å². The highest BCUT2D eigenvalue weighted by molar-refractivity contribution is 6.35. The number of amides is 1. The van der Waals surface area contributed by atoms with Crippen LogP contribution in [0.5, 0.6) is 5.75 Å². The van der Waals surface area contributed by atoms with E-state index >= 15 is 0 Å². The number of piperidine rings is 1. The molecule has 2 aromatic carbocycles. The minimum absolute atomic E-state index is 0.187. The standard InChI is InChI=1S/C30H38Cl3N3O2/c31-24-6-5-23(27(33)20-24)19-28(35-13-3-4-14-35)30(37)36-15-9-22(10-16-36)26-8-7-25(32)21-29(26)38-18-17-34-11-1-2-12-34/h5-8,20-22,28H,1-4,9-19H2/t28-/m1/s1. The van der Waals surface area contributed by atoms with E-state index in [0.717, 1.165) is 69.7 Å². The maximum atomic E-state index is 13.9. The molecule has 3 saturated heterocycles. The van der Waals surface area contributed by atoms with Gasteiger partial charge in [0.25, 0.3) is 0 Å². The second-order valence-electron chi connectivity index (χ2n) is 10.9. The van der Waals surface area contributed by atoms with E-state index in [1.165, 1.54) is 31.5 Å². The second-order valence-corrected chi connectivity index (χ2v) is 12.2. The number of likely N-dealkylation sites (tertiary alicyclic amines) is 3. The predicted octanol–water partition coefficient (Wildman–Crippen LogP) is 6.53. The lowest BCUT2D eigenvalue weighted by atomic mass is 9.88. The number of carbonyl (C=O) groups is 1. The Bertz CT molecular complexity index is 1090. The third-order valence-electron chi connectivity index (χ3n) is 8.38. The molecule has 8 heteroatoms. The molecule has 3 fully saturated rings. The molecule has 206 valence electrons.